The van der Waals surface area contributed by atoms with Crippen LogP contribution in [-0.2, 0) is 20.1 Å². The van der Waals surface area contributed by atoms with Crippen molar-refractivity contribution in [2.75, 3.05) is 0 Å². The maximum atomic E-state index is 13.2. The summed E-state index contributed by atoms with van der Waals surface area (Å²) in [4.78, 5) is 18.9. The van der Waals surface area contributed by atoms with Gasteiger partial charge in [-0.1, -0.05) is 66.7 Å². The molecule has 4 nitrogen and oxygen atoms in total. The molecule has 0 bridgehead atoms. The molecule has 2 aromatic carbocycles. The number of aromatic nitrogens is 2. The van der Waals surface area contributed by atoms with E-state index in [1.807, 2.05) is 24.3 Å². The molecule has 2 aromatic heterocycles. The Labute approximate surface area is 197 Å². The molecule has 0 spiro atoms. The van der Waals surface area contributed by atoms with Crippen molar-refractivity contribution < 1.29 is 38.8 Å². The fourth-order valence-corrected chi connectivity index (χ4v) is 2.76. The third-order valence-electron chi connectivity index (χ3n) is 4.25. The van der Waals surface area contributed by atoms with Crippen LogP contribution in [0.5, 0.6) is 0 Å². The van der Waals surface area contributed by atoms with Crippen molar-refractivity contribution in [2.24, 2.45) is 0 Å². The molecule has 4 aromatic rings. The van der Waals surface area contributed by atoms with Crippen molar-refractivity contribution >= 4 is 12.0 Å². The molecule has 0 saturated heterocycles. The SMILES string of the molecule is C=Cc1ccc(-c2cccnc2C(=O)O)cc1.Fc1c[c-]c(-c2ccccn2)c(F)c1.[Ir]. The molecule has 32 heavy (non-hydrogen) atoms. The van der Waals surface area contributed by atoms with Crippen LogP contribution in [0.1, 0.15) is 16.1 Å². The monoisotopic (exact) mass is 608 g/mol. The van der Waals surface area contributed by atoms with Crippen molar-refractivity contribution in [1.82, 2.24) is 9.97 Å². The zero-order valence-corrected chi connectivity index (χ0v) is 19.0. The molecule has 2 heterocycles. The molecule has 1 radical (unpaired) electrons. The van der Waals surface area contributed by atoms with E-state index in [2.05, 4.69) is 22.6 Å². The number of benzene rings is 2. The van der Waals surface area contributed by atoms with E-state index >= 15 is 0 Å². The number of aromatic carboxylic acids is 1. The topological polar surface area (TPSA) is 63.1 Å². The molecule has 0 unspecified atom stereocenters. The maximum absolute atomic E-state index is 13.2. The summed E-state index contributed by atoms with van der Waals surface area (Å²) in [6.45, 7) is 3.67. The number of pyridine rings is 2. The first-order chi connectivity index (χ1) is 15.0. The Morgan fingerprint density at radius 1 is 1.00 bits per heavy atom. The molecule has 163 valence electrons. The summed E-state index contributed by atoms with van der Waals surface area (Å²) in [5.74, 6) is -2.31. The number of rotatable bonds is 4. The zero-order valence-electron chi connectivity index (χ0n) is 16.6. The van der Waals surface area contributed by atoms with E-state index in [0.717, 1.165) is 23.3 Å². The van der Waals surface area contributed by atoms with Gasteiger partial charge in [-0.15, -0.1) is 12.1 Å². The summed E-state index contributed by atoms with van der Waals surface area (Å²) >= 11 is 0. The average Bonchev–Trinajstić information content (AvgIpc) is 2.80. The minimum atomic E-state index is -1.02. The normalized spacial score (nSPS) is 9.69. The van der Waals surface area contributed by atoms with Gasteiger partial charge in [0.05, 0.1) is 0 Å². The molecule has 0 aliphatic rings. The summed E-state index contributed by atoms with van der Waals surface area (Å²) in [5.41, 5.74) is 3.15. The van der Waals surface area contributed by atoms with Gasteiger partial charge in [-0.25, -0.2) is 9.78 Å². The van der Waals surface area contributed by atoms with Gasteiger partial charge in [0, 0.05) is 49.7 Å². The van der Waals surface area contributed by atoms with Crippen molar-refractivity contribution in [3.63, 3.8) is 0 Å². The zero-order chi connectivity index (χ0) is 22.2. The summed E-state index contributed by atoms with van der Waals surface area (Å²) in [6.07, 6.45) is 4.77. The molecule has 0 fully saturated rings. The van der Waals surface area contributed by atoms with Gasteiger partial charge >= 0.3 is 5.97 Å². The standard InChI is InChI=1S/C14H11NO2.C11H6F2N.Ir/c1-2-10-5-7-11(8-6-10)12-4-3-9-15-13(12)14(16)17;12-8-4-5-9(10(13)7-8)11-3-1-2-6-14-11;/h2-9H,1H2,(H,16,17);1-4,6-7H;/q;-1;. The van der Waals surface area contributed by atoms with Crippen LogP contribution in [0.25, 0.3) is 28.5 Å². The van der Waals surface area contributed by atoms with Gasteiger partial charge in [0.15, 0.2) is 5.69 Å². The minimum Gasteiger partial charge on any atom is -0.476 e. The van der Waals surface area contributed by atoms with Crippen LogP contribution in [0.3, 0.4) is 0 Å². The summed E-state index contributed by atoms with van der Waals surface area (Å²) in [7, 11) is 0. The molecule has 0 amide bonds. The van der Waals surface area contributed by atoms with Gasteiger partial charge in [-0.3, -0.25) is 8.78 Å². The molecule has 0 saturated carbocycles. The van der Waals surface area contributed by atoms with E-state index in [0.29, 0.717) is 11.3 Å². The van der Waals surface area contributed by atoms with E-state index < -0.39 is 17.6 Å². The molecule has 0 aliphatic carbocycles. The molecule has 0 atom stereocenters. The predicted octanol–water partition coefficient (Wildman–Crippen LogP) is 5.91. The van der Waals surface area contributed by atoms with Crippen LogP contribution < -0.4 is 0 Å². The Hall–Kier alpha value is -3.54. The van der Waals surface area contributed by atoms with Crippen LogP contribution in [0, 0.1) is 17.7 Å². The fourth-order valence-electron chi connectivity index (χ4n) is 2.76. The van der Waals surface area contributed by atoms with Crippen molar-refractivity contribution in [3.05, 3.63) is 115 Å². The van der Waals surface area contributed by atoms with E-state index in [4.69, 9.17) is 5.11 Å². The second-order valence-electron chi connectivity index (χ2n) is 6.29. The van der Waals surface area contributed by atoms with Crippen molar-refractivity contribution in [3.8, 4) is 22.4 Å². The van der Waals surface area contributed by atoms with Crippen molar-refractivity contribution in [1.29, 1.82) is 0 Å². The van der Waals surface area contributed by atoms with E-state index in [1.165, 1.54) is 6.20 Å². The molecule has 4 rings (SSSR count). The van der Waals surface area contributed by atoms with Crippen LogP contribution in [-0.4, -0.2) is 21.0 Å². The van der Waals surface area contributed by atoms with Gasteiger partial charge in [0.2, 0.25) is 0 Å². The van der Waals surface area contributed by atoms with Crippen LogP contribution in [0.4, 0.5) is 8.78 Å². The fraction of sp³-hybridized carbons (Fsp3) is 0. The Morgan fingerprint density at radius 3 is 2.31 bits per heavy atom. The first-order valence-corrected chi connectivity index (χ1v) is 9.19. The summed E-state index contributed by atoms with van der Waals surface area (Å²) in [6, 6.07) is 20.5. The van der Waals surface area contributed by atoms with Crippen LogP contribution in [0.2, 0.25) is 0 Å². The smallest absolute Gasteiger partial charge is 0.355 e. The van der Waals surface area contributed by atoms with Gasteiger partial charge in [-0.05, 0) is 29.0 Å². The largest absolute Gasteiger partial charge is 0.476 e. The summed E-state index contributed by atoms with van der Waals surface area (Å²) < 4.78 is 25.8. The van der Waals surface area contributed by atoms with Gasteiger partial charge in [0.25, 0.3) is 0 Å². The van der Waals surface area contributed by atoms with Gasteiger partial charge < -0.3 is 10.1 Å². The van der Waals surface area contributed by atoms with Gasteiger partial charge in [0.1, 0.15) is 0 Å². The van der Waals surface area contributed by atoms with E-state index in [-0.39, 0.29) is 31.4 Å². The summed E-state index contributed by atoms with van der Waals surface area (Å²) in [5, 5.41) is 9.05. The number of halogens is 2. The first-order valence-electron chi connectivity index (χ1n) is 9.19. The second kappa shape index (κ2) is 11.7. The first kappa shape index (κ1) is 24.7. The third-order valence-corrected chi connectivity index (χ3v) is 4.25. The molecule has 1 N–H and O–H groups in total. The maximum Gasteiger partial charge on any atom is 0.355 e. The van der Waals surface area contributed by atoms with Crippen molar-refractivity contribution in [2.45, 2.75) is 0 Å². The molecular formula is C25H17F2IrN2O2-. The molecular weight excluding hydrogens is 591 g/mol. The van der Waals surface area contributed by atoms with Crippen LogP contribution in [0.15, 0.2) is 85.7 Å². The minimum absolute atomic E-state index is 0. The Balaban J connectivity index is 0.000000224. The Bertz CT molecular complexity index is 1200. The predicted molar refractivity (Wildman–Crippen MR) is 115 cm³/mol. The Kier molecular flexibility index (Phi) is 9.07. The number of nitrogens with zero attached hydrogens (tertiary/aromatic N) is 2. The number of carboxylic acid groups (broad SMARTS) is 1. The van der Waals surface area contributed by atoms with E-state index in [1.54, 1.807) is 42.6 Å². The second-order valence-corrected chi connectivity index (χ2v) is 6.29. The molecule has 0 aliphatic heterocycles. The number of carboxylic acids is 1. The third kappa shape index (κ3) is 6.23. The Morgan fingerprint density at radius 2 is 1.72 bits per heavy atom. The molecule has 7 heteroatoms. The number of hydrogen-bond donors (Lipinski definition) is 1. The number of carbonyl (C=O) groups is 1. The van der Waals surface area contributed by atoms with E-state index in [9.17, 15) is 13.6 Å². The quantitative estimate of drug-likeness (QED) is 0.293. The van der Waals surface area contributed by atoms with Gasteiger partial charge in [-0.2, -0.15) is 0 Å². The van der Waals surface area contributed by atoms with Crippen LogP contribution >= 0.6 is 0 Å². The number of hydrogen-bond acceptors (Lipinski definition) is 3. The average molecular weight is 608 g/mol.